The fourth-order valence-corrected chi connectivity index (χ4v) is 5.41. The summed E-state index contributed by atoms with van der Waals surface area (Å²) in [6.07, 6.45) is 0.586. The molecule has 0 radical (unpaired) electrons. The first kappa shape index (κ1) is 21.4. The Bertz CT molecular complexity index is 1000. The first-order valence-electron chi connectivity index (χ1n) is 9.71. The van der Waals surface area contributed by atoms with Crippen LogP contribution in [0.5, 0.6) is 0 Å². The molecule has 158 valence electrons. The normalized spacial score (nSPS) is 20.4. The third-order valence-electron chi connectivity index (χ3n) is 5.73. The number of nitrogens with one attached hydrogen (secondary N) is 2. The van der Waals surface area contributed by atoms with E-state index in [-0.39, 0.29) is 35.3 Å². The first-order chi connectivity index (χ1) is 13.6. The maximum absolute atomic E-state index is 13.0. The van der Waals surface area contributed by atoms with Crippen LogP contribution >= 0.6 is 0 Å². The highest BCUT2D eigenvalue weighted by Gasteiger charge is 2.32. The fraction of sp³-hybridized carbons (Fsp3) is 0.500. The summed E-state index contributed by atoms with van der Waals surface area (Å²) in [4.78, 5) is 13.6. The van der Waals surface area contributed by atoms with E-state index in [4.69, 9.17) is 0 Å². The number of carbonyl (C=O) groups is 1. The molecule has 9 heteroatoms. The Morgan fingerprint density at radius 1 is 1.34 bits per heavy atom. The van der Waals surface area contributed by atoms with Crippen molar-refractivity contribution in [2.45, 2.75) is 45.8 Å². The number of aromatic nitrogens is 2. The van der Waals surface area contributed by atoms with E-state index >= 15 is 0 Å². The van der Waals surface area contributed by atoms with E-state index in [1.54, 1.807) is 0 Å². The van der Waals surface area contributed by atoms with E-state index in [1.807, 2.05) is 32.5 Å². The number of halogens is 1. The van der Waals surface area contributed by atoms with Gasteiger partial charge in [0.1, 0.15) is 12.4 Å². The van der Waals surface area contributed by atoms with Crippen LogP contribution in [0.2, 0.25) is 0 Å². The second-order valence-electron chi connectivity index (χ2n) is 7.89. The molecule has 2 aromatic rings. The lowest BCUT2D eigenvalue weighted by Crippen LogP contribution is -3.12. The van der Waals surface area contributed by atoms with Gasteiger partial charge in [-0.05, 0) is 51.5 Å². The molecule has 2 heterocycles. The second-order valence-corrected chi connectivity index (χ2v) is 10.1. The molecule has 2 N–H and O–H groups in total. The highest BCUT2D eigenvalue weighted by Crippen LogP contribution is 2.26. The number of hydrogen-bond donors (Lipinski definition) is 2. The maximum Gasteiger partial charge on any atom is 0.282 e. The Hall–Kier alpha value is -2.26. The van der Waals surface area contributed by atoms with Crippen molar-refractivity contribution in [3.05, 3.63) is 47.0 Å². The lowest BCUT2D eigenvalue weighted by atomic mass is 10.1. The van der Waals surface area contributed by atoms with Gasteiger partial charge in [-0.15, -0.1) is 0 Å². The van der Waals surface area contributed by atoms with Gasteiger partial charge in [0, 0.05) is 11.4 Å². The molecule has 0 spiro atoms. The molecule has 1 aromatic heterocycles. The number of aryl methyl sites for hydroxylation is 1. The molecule has 0 saturated carbocycles. The number of carbonyl (C=O) groups excluding carboxylic acids is 1. The predicted octanol–water partition coefficient (Wildman–Crippen LogP) is 1.04. The molecule has 1 amide bonds. The van der Waals surface area contributed by atoms with Gasteiger partial charge in [0.05, 0.1) is 35.9 Å². The summed E-state index contributed by atoms with van der Waals surface area (Å²) >= 11 is 0. The molecular formula is C20H28FN4O3S+. The molecule has 0 aliphatic carbocycles. The average molecular weight is 424 g/mol. The van der Waals surface area contributed by atoms with E-state index in [0.717, 1.165) is 21.9 Å². The van der Waals surface area contributed by atoms with Crippen molar-refractivity contribution >= 4 is 21.4 Å². The average Bonchev–Trinajstić information content (AvgIpc) is 3.16. The number of sulfone groups is 1. The number of amides is 1. The van der Waals surface area contributed by atoms with Crippen molar-refractivity contribution in [1.82, 2.24) is 9.78 Å². The minimum absolute atomic E-state index is 0.119. The molecule has 1 fully saturated rings. The monoisotopic (exact) mass is 423 g/mol. The molecule has 7 nitrogen and oxygen atoms in total. The van der Waals surface area contributed by atoms with E-state index in [9.17, 15) is 17.6 Å². The number of likely N-dealkylation sites (N-methyl/N-ethyl adjacent to an activating group) is 1. The molecule has 1 aromatic carbocycles. The van der Waals surface area contributed by atoms with Gasteiger partial charge in [0.25, 0.3) is 5.91 Å². The number of hydrogen-bond acceptors (Lipinski definition) is 4. The quantitative estimate of drug-likeness (QED) is 0.727. The topological polar surface area (TPSA) is 85.5 Å². The maximum atomic E-state index is 13.0. The zero-order valence-corrected chi connectivity index (χ0v) is 18.0. The Morgan fingerprint density at radius 2 is 2.00 bits per heavy atom. The Kier molecular flexibility index (Phi) is 6.09. The van der Waals surface area contributed by atoms with Crippen LogP contribution in [0.1, 0.15) is 36.3 Å². The highest BCUT2D eigenvalue weighted by atomic mass is 32.2. The van der Waals surface area contributed by atoms with E-state index < -0.39 is 9.84 Å². The molecular weight excluding hydrogens is 395 g/mol. The van der Waals surface area contributed by atoms with Crippen molar-refractivity contribution in [2.75, 3.05) is 23.9 Å². The number of anilines is 1. The Morgan fingerprint density at radius 3 is 2.59 bits per heavy atom. The summed E-state index contributed by atoms with van der Waals surface area (Å²) in [6.45, 7) is 6.30. The summed E-state index contributed by atoms with van der Waals surface area (Å²) in [7, 11) is -1.05. The molecule has 3 rings (SSSR count). The standard InChI is InChI=1S/C20H27FN4O3S/c1-13-19(14(2)25(23-13)18-9-10-29(27,28)12-18)11-24(4)15(3)20(26)22-17-7-5-16(21)6-8-17/h5-8,15,18H,9-12H2,1-4H3,(H,22,26)/p+1/t15-,18-/m0/s1. The smallest absolute Gasteiger partial charge is 0.282 e. The summed E-state index contributed by atoms with van der Waals surface area (Å²) in [5.74, 6) is -0.166. The molecule has 3 atom stereocenters. The second kappa shape index (κ2) is 8.23. The van der Waals surface area contributed by atoms with Crippen molar-refractivity contribution in [1.29, 1.82) is 0 Å². The predicted molar refractivity (Wildman–Crippen MR) is 109 cm³/mol. The van der Waals surface area contributed by atoms with E-state index in [0.29, 0.717) is 18.7 Å². The first-order valence-corrected chi connectivity index (χ1v) is 11.5. The fourth-order valence-electron chi connectivity index (χ4n) is 3.72. The van der Waals surface area contributed by atoms with Crippen LogP contribution in [0.15, 0.2) is 24.3 Å². The minimum atomic E-state index is -2.99. The highest BCUT2D eigenvalue weighted by molar-refractivity contribution is 7.91. The number of benzene rings is 1. The van der Waals surface area contributed by atoms with Gasteiger partial charge in [-0.3, -0.25) is 9.48 Å². The van der Waals surface area contributed by atoms with Gasteiger partial charge in [-0.25, -0.2) is 12.8 Å². The van der Waals surface area contributed by atoms with E-state index in [1.165, 1.54) is 24.3 Å². The van der Waals surface area contributed by atoms with Gasteiger partial charge in [-0.2, -0.15) is 5.10 Å². The van der Waals surface area contributed by atoms with Crippen molar-refractivity contribution in [3.8, 4) is 0 Å². The number of nitrogens with zero attached hydrogens (tertiary/aromatic N) is 2. The summed E-state index contributed by atoms with van der Waals surface area (Å²) in [5.41, 5.74) is 3.40. The van der Waals surface area contributed by atoms with Crippen molar-refractivity contribution in [2.24, 2.45) is 0 Å². The lowest BCUT2D eigenvalue weighted by molar-refractivity contribution is -0.907. The SMILES string of the molecule is Cc1nn([C@H]2CCS(=O)(=O)C2)c(C)c1C[NH+](C)[C@@H](C)C(=O)Nc1ccc(F)cc1. The van der Waals surface area contributed by atoms with Gasteiger partial charge >= 0.3 is 0 Å². The van der Waals surface area contributed by atoms with Crippen LogP contribution in [0.4, 0.5) is 10.1 Å². The van der Waals surface area contributed by atoms with Crippen LogP contribution in [0.25, 0.3) is 0 Å². The van der Waals surface area contributed by atoms with Gasteiger partial charge in [0.2, 0.25) is 0 Å². The summed E-state index contributed by atoms with van der Waals surface area (Å²) in [5, 5.41) is 7.40. The van der Waals surface area contributed by atoms with Crippen LogP contribution in [-0.4, -0.2) is 48.7 Å². The number of rotatable bonds is 6. The number of quaternary nitrogens is 1. The molecule has 1 unspecified atom stereocenters. The zero-order chi connectivity index (χ0) is 21.3. The Labute approximate surface area is 170 Å². The van der Waals surface area contributed by atoms with Crippen LogP contribution in [0.3, 0.4) is 0 Å². The van der Waals surface area contributed by atoms with Gasteiger partial charge < -0.3 is 10.2 Å². The van der Waals surface area contributed by atoms with Crippen LogP contribution in [0, 0.1) is 19.7 Å². The zero-order valence-electron chi connectivity index (χ0n) is 17.2. The van der Waals surface area contributed by atoms with E-state index in [2.05, 4.69) is 10.4 Å². The third-order valence-corrected chi connectivity index (χ3v) is 7.48. The third kappa shape index (κ3) is 4.84. The van der Waals surface area contributed by atoms with Crippen LogP contribution in [-0.2, 0) is 21.2 Å². The molecule has 1 aliphatic rings. The molecule has 1 aliphatic heterocycles. The summed E-state index contributed by atoms with van der Waals surface area (Å²) < 4.78 is 38.5. The summed E-state index contributed by atoms with van der Waals surface area (Å²) in [6, 6.07) is 5.22. The van der Waals surface area contributed by atoms with Gasteiger partial charge in [0.15, 0.2) is 15.9 Å². The van der Waals surface area contributed by atoms with Gasteiger partial charge in [-0.1, -0.05) is 0 Å². The largest absolute Gasteiger partial charge is 0.324 e. The molecule has 29 heavy (non-hydrogen) atoms. The lowest BCUT2D eigenvalue weighted by Gasteiger charge is -2.21. The van der Waals surface area contributed by atoms with Crippen molar-refractivity contribution < 1.29 is 22.5 Å². The minimum Gasteiger partial charge on any atom is -0.324 e. The van der Waals surface area contributed by atoms with Crippen LogP contribution < -0.4 is 10.2 Å². The molecule has 1 saturated heterocycles. The molecule has 0 bridgehead atoms. The van der Waals surface area contributed by atoms with Crippen molar-refractivity contribution in [3.63, 3.8) is 0 Å². The Balaban J connectivity index is 1.69.